The molecule has 0 radical (unpaired) electrons. The number of hydrogen-bond acceptors (Lipinski definition) is 1. The summed E-state index contributed by atoms with van der Waals surface area (Å²) in [7, 11) is 0. The quantitative estimate of drug-likeness (QED) is 0.140. The van der Waals surface area contributed by atoms with Gasteiger partial charge in [0.2, 0.25) is 0 Å². The summed E-state index contributed by atoms with van der Waals surface area (Å²) in [5, 5.41) is 4.93. The molecule has 0 aliphatic rings. The highest BCUT2D eigenvalue weighted by atomic mass is 15.0. The highest BCUT2D eigenvalue weighted by molar-refractivity contribution is 6.12. The van der Waals surface area contributed by atoms with Gasteiger partial charge < -0.3 is 9.13 Å². The summed E-state index contributed by atoms with van der Waals surface area (Å²) in [6.45, 7) is 0. The van der Waals surface area contributed by atoms with Gasteiger partial charge in [-0.25, -0.2) is 0 Å². The summed E-state index contributed by atoms with van der Waals surface area (Å²) < 4.78 is 4.92. The van der Waals surface area contributed by atoms with Gasteiger partial charge in [0, 0.05) is 39.0 Å². The first-order valence-corrected chi connectivity index (χ1v) is 21.6. The van der Waals surface area contributed by atoms with E-state index in [9.17, 15) is 0 Å². The number of hydrogen-bond donors (Lipinski definition) is 0. The molecule has 9 aromatic carbocycles. The Morgan fingerprint density at radius 2 is 0.857 bits per heavy atom. The van der Waals surface area contributed by atoms with E-state index in [1.165, 1.54) is 54.8 Å². The molecule has 3 heteroatoms. The Morgan fingerprint density at radius 1 is 0.333 bits per heavy atom. The first-order chi connectivity index (χ1) is 31.3. The highest BCUT2D eigenvalue weighted by Crippen LogP contribution is 2.51. The topological polar surface area (TPSA) is 22.8 Å². The van der Waals surface area contributed by atoms with E-state index < -0.39 is 5.41 Å². The van der Waals surface area contributed by atoms with Gasteiger partial charge in [-0.1, -0.05) is 182 Å². The SMILES string of the molecule is c1ccc(C(c2ccccc2)(c2ccccc2-c2cccc(-c3ccccn3)c2)c2ccccc2-n2c3ccccc3c3cc(-n4c5ccccc5c5ccccc54)ccc32)cc1. The minimum absolute atomic E-state index is 0.753. The van der Waals surface area contributed by atoms with Crippen molar-refractivity contribution >= 4 is 43.6 Å². The second-order valence-corrected chi connectivity index (χ2v) is 16.3. The van der Waals surface area contributed by atoms with Crippen LogP contribution in [0.4, 0.5) is 0 Å². The number of nitrogens with zero attached hydrogens (tertiary/aromatic N) is 3. The number of aromatic nitrogens is 3. The lowest BCUT2D eigenvalue weighted by Crippen LogP contribution is -2.33. The maximum absolute atomic E-state index is 4.73. The van der Waals surface area contributed by atoms with Crippen molar-refractivity contribution in [2.45, 2.75) is 5.41 Å². The Morgan fingerprint density at radius 3 is 1.52 bits per heavy atom. The predicted molar refractivity (Wildman–Crippen MR) is 262 cm³/mol. The van der Waals surface area contributed by atoms with Crippen molar-refractivity contribution in [2.75, 3.05) is 0 Å². The van der Waals surface area contributed by atoms with Crippen LogP contribution >= 0.6 is 0 Å². The zero-order valence-electron chi connectivity index (χ0n) is 34.5. The number of benzene rings is 9. The van der Waals surface area contributed by atoms with E-state index in [1.807, 2.05) is 12.3 Å². The van der Waals surface area contributed by atoms with Gasteiger partial charge in [0.1, 0.15) is 0 Å². The third-order valence-corrected chi connectivity index (χ3v) is 12.9. The van der Waals surface area contributed by atoms with Crippen LogP contribution in [0, 0.1) is 0 Å². The molecule has 12 rings (SSSR count). The maximum atomic E-state index is 4.73. The van der Waals surface area contributed by atoms with Gasteiger partial charge in [0.05, 0.1) is 38.9 Å². The summed E-state index contributed by atoms with van der Waals surface area (Å²) in [5.74, 6) is 0. The van der Waals surface area contributed by atoms with Gasteiger partial charge in [-0.3, -0.25) is 4.98 Å². The molecule has 296 valence electrons. The van der Waals surface area contributed by atoms with E-state index in [2.05, 4.69) is 246 Å². The van der Waals surface area contributed by atoms with Gasteiger partial charge in [0.15, 0.2) is 0 Å². The first-order valence-electron chi connectivity index (χ1n) is 21.6. The minimum atomic E-state index is -0.753. The molecule has 0 saturated heterocycles. The Kier molecular flexibility index (Phi) is 8.72. The van der Waals surface area contributed by atoms with E-state index in [1.54, 1.807) is 0 Å². The molecule has 0 bridgehead atoms. The molecule has 0 aliphatic carbocycles. The lowest BCUT2D eigenvalue weighted by atomic mass is 9.63. The lowest BCUT2D eigenvalue weighted by molar-refractivity contribution is 0.740. The van der Waals surface area contributed by atoms with E-state index in [0.29, 0.717) is 0 Å². The van der Waals surface area contributed by atoms with Crippen LogP contribution in [0.1, 0.15) is 22.3 Å². The minimum Gasteiger partial charge on any atom is -0.309 e. The van der Waals surface area contributed by atoms with Gasteiger partial charge in [0.25, 0.3) is 0 Å². The van der Waals surface area contributed by atoms with Crippen molar-refractivity contribution in [1.29, 1.82) is 0 Å². The van der Waals surface area contributed by atoms with Crippen LogP contribution < -0.4 is 0 Å². The fourth-order valence-corrected chi connectivity index (χ4v) is 10.3. The molecule has 0 unspecified atom stereocenters. The molecule has 0 amide bonds. The zero-order chi connectivity index (χ0) is 41.7. The van der Waals surface area contributed by atoms with Crippen molar-refractivity contribution in [3.05, 3.63) is 271 Å². The second kappa shape index (κ2) is 15.0. The summed E-state index contributed by atoms with van der Waals surface area (Å²) >= 11 is 0. The van der Waals surface area contributed by atoms with Crippen LogP contribution in [0.3, 0.4) is 0 Å². The highest BCUT2D eigenvalue weighted by Gasteiger charge is 2.42. The smallest absolute Gasteiger partial charge is 0.0727 e. The van der Waals surface area contributed by atoms with Crippen molar-refractivity contribution < 1.29 is 0 Å². The second-order valence-electron chi connectivity index (χ2n) is 16.3. The average molecular weight is 804 g/mol. The fraction of sp³-hybridized carbons (Fsp3) is 0.0167. The third-order valence-electron chi connectivity index (χ3n) is 12.9. The molecule has 12 aromatic rings. The molecule has 0 fully saturated rings. The first kappa shape index (κ1) is 36.6. The van der Waals surface area contributed by atoms with Crippen LogP contribution in [0.15, 0.2) is 249 Å². The number of para-hydroxylation sites is 4. The number of pyridine rings is 1. The van der Waals surface area contributed by atoms with Crippen LogP contribution in [0.2, 0.25) is 0 Å². The average Bonchev–Trinajstić information content (AvgIpc) is 3.88. The van der Waals surface area contributed by atoms with Gasteiger partial charge in [-0.2, -0.15) is 0 Å². The third kappa shape index (κ3) is 5.78. The standard InChI is InChI=1S/C60H41N3/c1-3-22-44(23-4-1)60(45-24-5-2-6-25-45,52-30-11-7-26-47(52)42-20-19-21-43(40-42)54-32-17-18-39-61-54)53-31-12-16-36-59(53)63-57-35-15-10-29-50(57)51-41-46(37-38-58(51)63)62-55-33-13-8-27-48(55)49-28-9-14-34-56(49)62/h1-41H. The summed E-state index contributed by atoms with van der Waals surface area (Å²) in [5.41, 5.74) is 15.3. The number of rotatable bonds is 8. The molecule has 0 atom stereocenters. The Balaban J connectivity index is 1.15. The van der Waals surface area contributed by atoms with Gasteiger partial charge >= 0.3 is 0 Å². The summed E-state index contributed by atoms with van der Waals surface area (Å²) in [6.07, 6.45) is 1.86. The van der Waals surface area contributed by atoms with E-state index in [0.717, 1.165) is 44.8 Å². The van der Waals surface area contributed by atoms with E-state index in [-0.39, 0.29) is 0 Å². The monoisotopic (exact) mass is 803 g/mol. The summed E-state index contributed by atoms with van der Waals surface area (Å²) in [4.78, 5) is 4.73. The fourth-order valence-electron chi connectivity index (χ4n) is 10.3. The molecule has 0 N–H and O–H groups in total. The Hall–Kier alpha value is -8.27. The Bertz CT molecular complexity index is 3530. The predicted octanol–water partition coefficient (Wildman–Crippen LogP) is 15.0. The van der Waals surface area contributed by atoms with Crippen LogP contribution in [-0.2, 0) is 5.41 Å². The largest absolute Gasteiger partial charge is 0.309 e. The van der Waals surface area contributed by atoms with Crippen LogP contribution in [-0.4, -0.2) is 14.1 Å². The zero-order valence-corrected chi connectivity index (χ0v) is 34.5. The normalized spacial score (nSPS) is 11.8. The van der Waals surface area contributed by atoms with Crippen molar-refractivity contribution in [2.24, 2.45) is 0 Å². The van der Waals surface area contributed by atoms with Gasteiger partial charge in [-0.05, 0) is 94.0 Å². The molecule has 3 heterocycles. The van der Waals surface area contributed by atoms with Gasteiger partial charge in [-0.15, -0.1) is 0 Å². The molecule has 0 saturated carbocycles. The molecule has 63 heavy (non-hydrogen) atoms. The Labute approximate surface area is 366 Å². The lowest BCUT2D eigenvalue weighted by Gasteiger charge is -2.39. The molecule has 3 aromatic heterocycles. The van der Waals surface area contributed by atoms with E-state index in [4.69, 9.17) is 4.98 Å². The number of fused-ring (bicyclic) bond motifs is 6. The maximum Gasteiger partial charge on any atom is 0.0727 e. The molecular formula is C60H41N3. The summed E-state index contributed by atoms with van der Waals surface area (Å²) in [6, 6.07) is 88.5. The van der Waals surface area contributed by atoms with Crippen molar-refractivity contribution in [3.63, 3.8) is 0 Å². The van der Waals surface area contributed by atoms with Crippen LogP contribution in [0.5, 0.6) is 0 Å². The van der Waals surface area contributed by atoms with Crippen LogP contribution in [0.25, 0.3) is 77.4 Å². The molecule has 0 spiro atoms. The molecule has 3 nitrogen and oxygen atoms in total. The van der Waals surface area contributed by atoms with E-state index >= 15 is 0 Å². The molecule has 0 aliphatic heterocycles. The van der Waals surface area contributed by atoms with Crippen molar-refractivity contribution in [1.82, 2.24) is 14.1 Å². The van der Waals surface area contributed by atoms with Crippen molar-refractivity contribution in [3.8, 4) is 33.8 Å². The molecular weight excluding hydrogens is 763 g/mol.